The quantitative estimate of drug-likeness (QED) is 0.497. The SMILES string of the molecule is COC(=O)c1c(-c2ccc(C(C)NC(=O)C3(NC(=O)C(F)(F)F)CC3)cc2)ccc(F)c1F. The summed E-state index contributed by atoms with van der Waals surface area (Å²) >= 11 is 0. The lowest BCUT2D eigenvalue weighted by Gasteiger charge is -2.22. The van der Waals surface area contributed by atoms with E-state index in [1.54, 1.807) is 24.4 Å². The van der Waals surface area contributed by atoms with Crippen molar-refractivity contribution in [2.24, 2.45) is 0 Å². The first kappa shape index (κ1) is 24.1. The summed E-state index contributed by atoms with van der Waals surface area (Å²) < 4.78 is 69.8. The van der Waals surface area contributed by atoms with Crippen LogP contribution in [0.5, 0.6) is 0 Å². The maximum absolute atomic E-state index is 14.2. The van der Waals surface area contributed by atoms with Crippen LogP contribution < -0.4 is 10.6 Å². The molecule has 0 aromatic heterocycles. The van der Waals surface area contributed by atoms with E-state index in [1.807, 2.05) is 0 Å². The van der Waals surface area contributed by atoms with Crippen LogP contribution in [0.2, 0.25) is 0 Å². The lowest BCUT2D eigenvalue weighted by atomic mass is 9.96. The van der Waals surface area contributed by atoms with Gasteiger partial charge in [-0.3, -0.25) is 9.59 Å². The molecular weight excluding hydrogens is 451 g/mol. The summed E-state index contributed by atoms with van der Waals surface area (Å²) in [6.07, 6.45) is -4.93. The van der Waals surface area contributed by atoms with Crippen LogP contribution in [-0.2, 0) is 14.3 Å². The summed E-state index contributed by atoms with van der Waals surface area (Å²) in [5.41, 5.74) is -1.15. The lowest BCUT2D eigenvalue weighted by Crippen LogP contribution is -2.52. The largest absolute Gasteiger partial charge is 0.471 e. The van der Waals surface area contributed by atoms with Gasteiger partial charge in [0.25, 0.3) is 0 Å². The van der Waals surface area contributed by atoms with Gasteiger partial charge < -0.3 is 15.4 Å². The Kier molecular flexibility index (Phi) is 6.44. The van der Waals surface area contributed by atoms with E-state index in [9.17, 15) is 36.3 Å². The Morgan fingerprint density at radius 1 is 1.03 bits per heavy atom. The molecule has 1 saturated carbocycles. The second-order valence-electron chi connectivity index (χ2n) is 7.63. The molecule has 0 saturated heterocycles. The second kappa shape index (κ2) is 8.80. The maximum atomic E-state index is 14.2. The normalized spacial score (nSPS) is 15.4. The smallest absolute Gasteiger partial charge is 0.465 e. The first-order chi connectivity index (χ1) is 15.4. The van der Waals surface area contributed by atoms with E-state index in [-0.39, 0.29) is 18.4 Å². The van der Waals surface area contributed by atoms with Crippen molar-refractivity contribution in [3.8, 4) is 11.1 Å². The summed E-state index contributed by atoms with van der Waals surface area (Å²) in [7, 11) is 1.04. The van der Waals surface area contributed by atoms with Crippen LogP contribution in [0.3, 0.4) is 0 Å². The molecule has 2 aromatic carbocycles. The molecule has 2 amide bonds. The number of rotatable bonds is 6. The summed E-state index contributed by atoms with van der Waals surface area (Å²) in [4.78, 5) is 35.6. The fourth-order valence-electron chi connectivity index (χ4n) is 3.28. The summed E-state index contributed by atoms with van der Waals surface area (Å²) in [6, 6.07) is 7.58. The Labute approximate surface area is 185 Å². The Bertz CT molecular complexity index is 1100. The van der Waals surface area contributed by atoms with E-state index in [0.717, 1.165) is 13.2 Å². The average Bonchev–Trinajstić information content (AvgIpc) is 3.55. The van der Waals surface area contributed by atoms with E-state index in [4.69, 9.17) is 0 Å². The van der Waals surface area contributed by atoms with Gasteiger partial charge in [0.2, 0.25) is 5.91 Å². The van der Waals surface area contributed by atoms with Crippen molar-refractivity contribution in [3.63, 3.8) is 0 Å². The van der Waals surface area contributed by atoms with Gasteiger partial charge in [0.05, 0.1) is 13.2 Å². The molecule has 0 aliphatic heterocycles. The molecule has 6 nitrogen and oxygen atoms in total. The first-order valence-corrected chi connectivity index (χ1v) is 9.76. The fraction of sp³-hybridized carbons (Fsp3) is 0.318. The van der Waals surface area contributed by atoms with E-state index < -0.39 is 52.7 Å². The van der Waals surface area contributed by atoms with Gasteiger partial charge in [-0.2, -0.15) is 13.2 Å². The van der Waals surface area contributed by atoms with Gasteiger partial charge in [0.15, 0.2) is 11.6 Å². The van der Waals surface area contributed by atoms with Crippen LogP contribution in [0.4, 0.5) is 22.0 Å². The number of esters is 1. The molecule has 0 radical (unpaired) electrons. The summed E-state index contributed by atoms with van der Waals surface area (Å²) in [5, 5.41) is 4.31. The van der Waals surface area contributed by atoms with Crippen LogP contribution in [0.25, 0.3) is 11.1 Å². The highest BCUT2D eigenvalue weighted by Gasteiger charge is 2.55. The molecule has 2 N–H and O–H groups in total. The van der Waals surface area contributed by atoms with Crippen LogP contribution >= 0.6 is 0 Å². The average molecular weight is 470 g/mol. The van der Waals surface area contributed by atoms with Crippen LogP contribution in [0, 0.1) is 11.6 Å². The van der Waals surface area contributed by atoms with Crippen molar-refractivity contribution in [3.05, 3.63) is 59.2 Å². The zero-order valence-corrected chi connectivity index (χ0v) is 17.5. The van der Waals surface area contributed by atoms with Crippen molar-refractivity contribution in [1.29, 1.82) is 0 Å². The Morgan fingerprint density at radius 3 is 2.15 bits per heavy atom. The Morgan fingerprint density at radius 2 is 1.64 bits per heavy atom. The molecule has 1 fully saturated rings. The number of amides is 2. The minimum atomic E-state index is -5.10. The third kappa shape index (κ3) is 4.96. The topological polar surface area (TPSA) is 84.5 Å². The zero-order chi connectivity index (χ0) is 24.6. The number of hydrogen-bond acceptors (Lipinski definition) is 4. The van der Waals surface area contributed by atoms with Crippen LogP contribution in [0.15, 0.2) is 36.4 Å². The third-order valence-electron chi connectivity index (χ3n) is 5.35. The molecular formula is C22H19F5N2O4. The van der Waals surface area contributed by atoms with Crippen molar-refractivity contribution in [2.75, 3.05) is 7.11 Å². The Hall–Kier alpha value is -3.50. The standard InChI is InChI=1S/C22H19F5N2O4/c1-11(28-19(31)21(9-10-21)29-20(32)22(25,26)27)12-3-5-13(6-4-12)14-7-8-15(23)17(24)16(14)18(30)33-2/h3-8,11H,9-10H2,1-2H3,(H,28,31)(H,29,32). The van der Waals surface area contributed by atoms with Crippen molar-refractivity contribution in [2.45, 2.75) is 37.5 Å². The van der Waals surface area contributed by atoms with Crippen molar-refractivity contribution < 1.29 is 41.1 Å². The van der Waals surface area contributed by atoms with Crippen LogP contribution in [0.1, 0.15) is 41.7 Å². The van der Waals surface area contributed by atoms with Crippen molar-refractivity contribution in [1.82, 2.24) is 10.6 Å². The molecule has 1 atom stereocenters. The number of alkyl halides is 3. The molecule has 1 aliphatic rings. The predicted molar refractivity (Wildman–Crippen MR) is 106 cm³/mol. The number of hydrogen-bond donors (Lipinski definition) is 2. The first-order valence-electron chi connectivity index (χ1n) is 9.76. The van der Waals surface area contributed by atoms with E-state index >= 15 is 0 Å². The fourth-order valence-corrected chi connectivity index (χ4v) is 3.28. The minimum absolute atomic E-state index is 0.0821. The minimum Gasteiger partial charge on any atom is -0.465 e. The number of carbonyl (C=O) groups is 3. The highest BCUT2D eigenvalue weighted by atomic mass is 19.4. The second-order valence-corrected chi connectivity index (χ2v) is 7.63. The maximum Gasteiger partial charge on any atom is 0.471 e. The van der Waals surface area contributed by atoms with Gasteiger partial charge in [-0.1, -0.05) is 30.3 Å². The van der Waals surface area contributed by atoms with Gasteiger partial charge >= 0.3 is 18.1 Å². The molecule has 1 unspecified atom stereocenters. The number of methoxy groups -OCH3 is 1. The van der Waals surface area contributed by atoms with Crippen molar-refractivity contribution >= 4 is 17.8 Å². The number of ether oxygens (including phenoxy) is 1. The molecule has 1 aliphatic carbocycles. The third-order valence-corrected chi connectivity index (χ3v) is 5.35. The van der Waals surface area contributed by atoms with E-state index in [1.165, 1.54) is 18.2 Å². The highest BCUT2D eigenvalue weighted by Crippen LogP contribution is 2.37. The molecule has 0 heterocycles. The van der Waals surface area contributed by atoms with Crippen LogP contribution in [-0.4, -0.2) is 36.6 Å². The monoisotopic (exact) mass is 470 g/mol. The number of carbonyl (C=O) groups excluding carboxylic acids is 3. The van der Waals surface area contributed by atoms with Gasteiger partial charge in [-0.05, 0) is 42.5 Å². The predicted octanol–water partition coefficient (Wildman–Crippen LogP) is 3.81. The highest BCUT2D eigenvalue weighted by molar-refractivity contribution is 5.98. The number of benzene rings is 2. The number of nitrogens with one attached hydrogen (secondary N) is 2. The molecule has 2 aromatic rings. The van der Waals surface area contributed by atoms with Gasteiger partial charge in [-0.25, -0.2) is 13.6 Å². The Balaban J connectivity index is 1.76. The summed E-state index contributed by atoms with van der Waals surface area (Å²) in [6.45, 7) is 1.59. The van der Waals surface area contributed by atoms with E-state index in [0.29, 0.717) is 11.1 Å². The zero-order valence-electron chi connectivity index (χ0n) is 17.5. The van der Waals surface area contributed by atoms with Gasteiger partial charge in [0.1, 0.15) is 11.1 Å². The number of halogens is 5. The molecule has 3 rings (SSSR count). The molecule has 0 spiro atoms. The molecule has 33 heavy (non-hydrogen) atoms. The van der Waals surface area contributed by atoms with Gasteiger partial charge in [0, 0.05) is 0 Å². The summed E-state index contributed by atoms with van der Waals surface area (Å²) in [5.74, 6) is -6.54. The molecule has 176 valence electrons. The van der Waals surface area contributed by atoms with E-state index in [2.05, 4.69) is 10.1 Å². The molecule has 11 heteroatoms. The lowest BCUT2D eigenvalue weighted by molar-refractivity contribution is -0.175. The molecule has 0 bridgehead atoms. The van der Waals surface area contributed by atoms with Gasteiger partial charge in [-0.15, -0.1) is 0 Å².